The van der Waals surface area contributed by atoms with Crippen molar-refractivity contribution < 1.29 is 4.74 Å². The van der Waals surface area contributed by atoms with Crippen molar-refractivity contribution in [2.45, 2.75) is 57.5 Å². The van der Waals surface area contributed by atoms with Crippen LogP contribution in [-0.2, 0) is 4.74 Å². The lowest BCUT2D eigenvalue weighted by atomic mass is 9.77. The third-order valence-electron chi connectivity index (χ3n) is 5.09. The lowest BCUT2D eigenvalue weighted by Crippen LogP contribution is -2.62. The zero-order chi connectivity index (χ0) is 12.5. The van der Waals surface area contributed by atoms with Gasteiger partial charge in [0.1, 0.15) is 0 Å². The molecule has 17 heavy (non-hydrogen) atoms. The number of rotatable bonds is 4. The van der Waals surface area contributed by atoms with Gasteiger partial charge in [-0.2, -0.15) is 0 Å². The standard InChI is InChI=1S/C14H28N2O/c1-4-14(11-15,12-6-9-17-10-12)16-8-5-7-13(16,2)3/h12H,4-11,15H2,1-3H3. The van der Waals surface area contributed by atoms with Gasteiger partial charge in [0.2, 0.25) is 0 Å². The van der Waals surface area contributed by atoms with Crippen LogP contribution >= 0.6 is 0 Å². The highest BCUT2D eigenvalue weighted by Crippen LogP contribution is 2.42. The van der Waals surface area contributed by atoms with Gasteiger partial charge in [0.25, 0.3) is 0 Å². The summed E-state index contributed by atoms with van der Waals surface area (Å²) in [7, 11) is 0. The third-order valence-corrected chi connectivity index (χ3v) is 5.09. The molecule has 2 saturated heterocycles. The molecule has 2 heterocycles. The monoisotopic (exact) mass is 240 g/mol. The Balaban J connectivity index is 2.26. The SMILES string of the molecule is CCC(CN)(C1CCOC1)N1CCCC1(C)C. The van der Waals surface area contributed by atoms with Gasteiger partial charge in [-0.25, -0.2) is 0 Å². The maximum absolute atomic E-state index is 6.20. The zero-order valence-electron chi connectivity index (χ0n) is 11.7. The Labute approximate surface area is 106 Å². The van der Waals surface area contributed by atoms with Crippen molar-refractivity contribution in [1.82, 2.24) is 4.90 Å². The fourth-order valence-electron chi connectivity index (χ4n) is 4.01. The van der Waals surface area contributed by atoms with Crippen LogP contribution in [-0.4, -0.2) is 42.3 Å². The minimum atomic E-state index is 0.163. The van der Waals surface area contributed by atoms with Crippen LogP contribution in [0.2, 0.25) is 0 Å². The Morgan fingerprint density at radius 2 is 2.24 bits per heavy atom. The first-order valence-electron chi connectivity index (χ1n) is 7.12. The van der Waals surface area contributed by atoms with Crippen LogP contribution < -0.4 is 5.73 Å². The van der Waals surface area contributed by atoms with Gasteiger partial charge in [-0.3, -0.25) is 4.90 Å². The summed E-state index contributed by atoms with van der Waals surface area (Å²) < 4.78 is 5.61. The average molecular weight is 240 g/mol. The number of hydrogen-bond donors (Lipinski definition) is 1. The molecule has 2 aliphatic heterocycles. The summed E-state index contributed by atoms with van der Waals surface area (Å²) in [6.07, 6.45) is 4.92. The smallest absolute Gasteiger partial charge is 0.0513 e. The van der Waals surface area contributed by atoms with Crippen molar-refractivity contribution in [2.75, 3.05) is 26.3 Å². The molecular formula is C14H28N2O. The summed E-state index contributed by atoms with van der Waals surface area (Å²) in [4.78, 5) is 2.69. The predicted octanol–water partition coefficient (Wildman–Crippen LogP) is 2.00. The normalized spacial score (nSPS) is 32.8. The number of likely N-dealkylation sites (tertiary alicyclic amines) is 1. The highest BCUT2D eigenvalue weighted by molar-refractivity contribution is 5.05. The van der Waals surface area contributed by atoms with Gasteiger partial charge in [0.05, 0.1) is 6.61 Å². The Hall–Kier alpha value is -0.120. The highest BCUT2D eigenvalue weighted by atomic mass is 16.5. The van der Waals surface area contributed by atoms with E-state index in [2.05, 4.69) is 25.7 Å². The van der Waals surface area contributed by atoms with Crippen molar-refractivity contribution in [2.24, 2.45) is 11.7 Å². The molecule has 0 aliphatic carbocycles. The lowest BCUT2D eigenvalue weighted by Gasteiger charge is -2.51. The number of hydrogen-bond acceptors (Lipinski definition) is 3. The third kappa shape index (κ3) is 2.13. The Morgan fingerprint density at radius 1 is 1.47 bits per heavy atom. The van der Waals surface area contributed by atoms with Crippen LogP contribution in [0.3, 0.4) is 0 Å². The second-order valence-corrected chi connectivity index (χ2v) is 6.29. The van der Waals surface area contributed by atoms with E-state index in [1.165, 1.54) is 25.8 Å². The molecule has 0 radical (unpaired) electrons. The Morgan fingerprint density at radius 3 is 2.65 bits per heavy atom. The van der Waals surface area contributed by atoms with Gasteiger partial charge in [0, 0.05) is 30.1 Å². The second-order valence-electron chi connectivity index (χ2n) is 6.29. The van der Waals surface area contributed by atoms with E-state index >= 15 is 0 Å². The molecule has 2 aliphatic rings. The molecule has 0 amide bonds. The largest absolute Gasteiger partial charge is 0.381 e. The molecule has 3 heteroatoms. The van der Waals surface area contributed by atoms with Crippen LogP contribution in [0, 0.1) is 5.92 Å². The van der Waals surface area contributed by atoms with E-state index in [-0.39, 0.29) is 5.54 Å². The molecule has 0 spiro atoms. The van der Waals surface area contributed by atoms with Crippen molar-refractivity contribution >= 4 is 0 Å². The summed E-state index contributed by atoms with van der Waals surface area (Å²) in [5.74, 6) is 0.620. The van der Waals surface area contributed by atoms with E-state index in [1.807, 2.05) is 0 Å². The first-order valence-corrected chi connectivity index (χ1v) is 7.12. The van der Waals surface area contributed by atoms with E-state index in [0.717, 1.165) is 26.2 Å². The van der Waals surface area contributed by atoms with Crippen LogP contribution in [0.1, 0.15) is 46.5 Å². The van der Waals surface area contributed by atoms with Gasteiger partial charge in [-0.05, 0) is 46.1 Å². The van der Waals surface area contributed by atoms with Crippen LogP contribution in [0.5, 0.6) is 0 Å². The second kappa shape index (κ2) is 4.87. The van der Waals surface area contributed by atoms with E-state index in [4.69, 9.17) is 10.5 Å². The number of ether oxygens (including phenoxy) is 1. The fourth-order valence-corrected chi connectivity index (χ4v) is 4.01. The lowest BCUT2D eigenvalue weighted by molar-refractivity contribution is -0.0148. The van der Waals surface area contributed by atoms with Crippen molar-refractivity contribution in [3.8, 4) is 0 Å². The molecule has 2 atom stereocenters. The quantitative estimate of drug-likeness (QED) is 0.817. The minimum absolute atomic E-state index is 0.163. The summed E-state index contributed by atoms with van der Waals surface area (Å²) in [6.45, 7) is 10.8. The van der Waals surface area contributed by atoms with Gasteiger partial charge >= 0.3 is 0 Å². The van der Waals surface area contributed by atoms with Gasteiger partial charge < -0.3 is 10.5 Å². The molecule has 0 saturated carbocycles. The van der Waals surface area contributed by atoms with E-state index < -0.39 is 0 Å². The molecule has 0 aromatic carbocycles. The molecule has 0 bridgehead atoms. The zero-order valence-corrected chi connectivity index (χ0v) is 11.7. The Bertz CT molecular complexity index is 255. The van der Waals surface area contributed by atoms with Crippen LogP contribution in [0.4, 0.5) is 0 Å². The fraction of sp³-hybridized carbons (Fsp3) is 1.00. The molecule has 0 aromatic rings. The van der Waals surface area contributed by atoms with Crippen LogP contribution in [0.15, 0.2) is 0 Å². The van der Waals surface area contributed by atoms with Crippen molar-refractivity contribution in [1.29, 1.82) is 0 Å². The molecule has 2 rings (SSSR count). The number of nitrogens with two attached hydrogens (primary N) is 1. The maximum atomic E-state index is 6.20. The minimum Gasteiger partial charge on any atom is -0.381 e. The molecule has 2 N–H and O–H groups in total. The average Bonchev–Trinajstić information content (AvgIpc) is 2.92. The first-order chi connectivity index (χ1) is 8.07. The highest BCUT2D eigenvalue weighted by Gasteiger charge is 2.49. The van der Waals surface area contributed by atoms with Gasteiger partial charge in [-0.15, -0.1) is 0 Å². The van der Waals surface area contributed by atoms with E-state index in [0.29, 0.717) is 11.5 Å². The summed E-state index contributed by atoms with van der Waals surface area (Å²) in [6, 6.07) is 0. The van der Waals surface area contributed by atoms with Crippen molar-refractivity contribution in [3.05, 3.63) is 0 Å². The van der Waals surface area contributed by atoms with E-state index in [1.54, 1.807) is 0 Å². The predicted molar refractivity (Wildman–Crippen MR) is 71.0 cm³/mol. The first kappa shape index (κ1) is 13.3. The molecular weight excluding hydrogens is 212 g/mol. The van der Waals surface area contributed by atoms with Crippen molar-refractivity contribution in [3.63, 3.8) is 0 Å². The molecule has 0 aromatic heterocycles. The Kier molecular flexibility index (Phi) is 3.81. The molecule has 3 nitrogen and oxygen atoms in total. The number of nitrogens with zero attached hydrogens (tertiary/aromatic N) is 1. The molecule has 100 valence electrons. The molecule has 2 fully saturated rings. The maximum Gasteiger partial charge on any atom is 0.0513 e. The van der Waals surface area contributed by atoms with Gasteiger partial charge in [0.15, 0.2) is 0 Å². The van der Waals surface area contributed by atoms with Gasteiger partial charge in [-0.1, -0.05) is 6.92 Å². The summed E-state index contributed by atoms with van der Waals surface area (Å²) >= 11 is 0. The summed E-state index contributed by atoms with van der Waals surface area (Å²) in [5.41, 5.74) is 6.67. The topological polar surface area (TPSA) is 38.5 Å². The van der Waals surface area contributed by atoms with E-state index in [9.17, 15) is 0 Å². The molecule has 2 unspecified atom stereocenters. The van der Waals surface area contributed by atoms with Crippen LogP contribution in [0.25, 0.3) is 0 Å². The summed E-state index contributed by atoms with van der Waals surface area (Å²) in [5, 5.41) is 0.